The maximum atomic E-state index is 14.8. The van der Waals surface area contributed by atoms with Crippen LogP contribution in [0.15, 0.2) is 0 Å². The molecule has 0 amide bonds. The van der Waals surface area contributed by atoms with Crippen molar-refractivity contribution in [1.82, 2.24) is 0 Å². The van der Waals surface area contributed by atoms with E-state index in [1.807, 2.05) is 27.7 Å². The van der Waals surface area contributed by atoms with Crippen molar-refractivity contribution in [2.24, 2.45) is 63.6 Å². The van der Waals surface area contributed by atoms with Crippen LogP contribution in [0.1, 0.15) is 68.7 Å². The van der Waals surface area contributed by atoms with Gasteiger partial charge in [0.05, 0.1) is 17.6 Å². The van der Waals surface area contributed by atoms with Crippen molar-refractivity contribution in [3.05, 3.63) is 0 Å². The highest BCUT2D eigenvalue weighted by molar-refractivity contribution is 5.90. The summed E-state index contributed by atoms with van der Waals surface area (Å²) >= 11 is 0. The first-order chi connectivity index (χ1) is 22.2. The van der Waals surface area contributed by atoms with Gasteiger partial charge in [0, 0.05) is 55.3 Å². The van der Waals surface area contributed by atoms with Gasteiger partial charge in [-0.1, -0.05) is 27.7 Å². The van der Waals surface area contributed by atoms with Crippen molar-refractivity contribution < 1.29 is 62.6 Å². The van der Waals surface area contributed by atoms with E-state index in [0.717, 1.165) is 0 Å². The minimum absolute atomic E-state index is 0.297. The zero-order valence-electron chi connectivity index (χ0n) is 28.8. The lowest BCUT2D eigenvalue weighted by Gasteiger charge is -2.65. The quantitative estimate of drug-likeness (QED) is 0.248. The zero-order chi connectivity index (χ0) is 35.0. The summed E-state index contributed by atoms with van der Waals surface area (Å²) in [5.41, 5.74) is -5.63. The van der Waals surface area contributed by atoms with E-state index in [1.54, 1.807) is 6.92 Å². The lowest BCUT2D eigenvalue weighted by atomic mass is 9.39. The Labute approximate surface area is 278 Å². The minimum atomic E-state index is -2.06. The predicted molar refractivity (Wildman–Crippen MR) is 159 cm³/mol. The van der Waals surface area contributed by atoms with Gasteiger partial charge in [0.2, 0.25) is 5.79 Å². The fourth-order valence-corrected chi connectivity index (χ4v) is 13.4. The predicted octanol–water partition coefficient (Wildman–Crippen LogP) is 1.33. The first-order valence-electron chi connectivity index (χ1n) is 17.2. The molecule has 48 heavy (non-hydrogen) atoms. The molecule has 13 nitrogen and oxygen atoms in total. The van der Waals surface area contributed by atoms with E-state index >= 15 is 0 Å². The van der Waals surface area contributed by atoms with Crippen LogP contribution in [0.3, 0.4) is 0 Å². The Hall–Kier alpha value is -2.61. The van der Waals surface area contributed by atoms with Gasteiger partial charge in [-0.15, -0.1) is 0 Å². The maximum Gasteiger partial charge on any atom is 0.341 e. The number of Topliss-reactive ketones (excluding diaryl/α,β-unsaturated/α-hetero) is 1. The van der Waals surface area contributed by atoms with Crippen LogP contribution in [-0.2, 0) is 52.4 Å². The fourth-order valence-electron chi connectivity index (χ4n) is 13.4. The van der Waals surface area contributed by atoms with Gasteiger partial charge >= 0.3 is 23.9 Å². The summed E-state index contributed by atoms with van der Waals surface area (Å²) in [5, 5.41) is 24.7. The zero-order valence-corrected chi connectivity index (χ0v) is 28.8. The summed E-state index contributed by atoms with van der Waals surface area (Å²) in [7, 11) is 0. The standard InChI is InChI=1S/C35H46O13/c1-11-19-18(25(43-13(3)36)23(39)16-10-17-24(46-17)29(31(16,19)6)45-15(5)38)21-26(44-14(4)37)22-20(32(21,7)27(11)40)12(2)28-35(47-28)33(22,8)34(9,42)30(41)48-35/h11-12,16-22,24-29,40,42H,10H2,1-9H3/t11-,12-,16+,17-,18+,19-,20-,21+,22-,24-,25+,26+,27-,28-,29-,31-,32+,33-,34+,35-/m0/s1. The molecule has 5 aliphatic carbocycles. The minimum Gasteiger partial charge on any atom is -0.462 e. The second-order valence-electron chi connectivity index (χ2n) is 16.9. The molecule has 8 rings (SSSR count). The van der Waals surface area contributed by atoms with Crippen molar-refractivity contribution >= 4 is 29.7 Å². The van der Waals surface area contributed by atoms with E-state index in [9.17, 15) is 34.2 Å². The van der Waals surface area contributed by atoms with Crippen molar-refractivity contribution in [2.75, 3.05) is 0 Å². The Kier molecular flexibility index (Phi) is 6.37. The van der Waals surface area contributed by atoms with Gasteiger partial charge in [0.15, 0.2) is 17.5 Å². The van der Waals surface area contributed by atoms with Gasteiger partial charge in [-0.05, 0) is 43.9 Å². The number of esters is 4. The molecule has 0 aromatic carbocycles. The number of ketones is 1. The van der Waals surface area contributed by atoms with E-state index in [2.05, 4.69) is 0 Å². The molecule has 3 saturated heterocycles. The van der Waals surface area contributed by atoms with Crippen LogP contribution < -0.4 is 0 Å². The topological polar surface area (TPSA) is 188 Å². The molecule has 8 aliphatic rings. The van der Waals surface area contributed by atoms with E-state index in [4.69, 9.17) is 28.4 Å². The van der Waals surface area contributed by atoms with Gasteiger partial charge < -0.3 is 38.6 Å². The van der Waals surface area contributed by atoms with Gasteiger partial charge in [-0.2, -0.15) is 0 Å². The Morgan fingerprint density at radius 2 is 1.46 bits per heavy atom. The average Bonchev–Trinajstić information content (AvgIpc) is 3.88. The molecule has 0 bridgehead atoms. The number of aliphatic hydroxyl groups excluding tert-OH is 1. The average molecular weight is 675 g/mol. The highest BCUT2D eigenvalue weighted by Gasteiger charge is 2.93. The monoisotopic (exact) mass is 674 g/mol. The number of epoxide rings is 2. The van der Waals surface area contributed by atoms with Gasteiger partial charge in [-0.25, -0.2) is 4.79 Å². The number of fused-ring (bicyclic) bond motifs is 9. The second-order valence-corrected chi connectivity index (χ2v) is 16.9. The van der Waals surface area contributed by atoms with Crippen LogP contribution in [-0.4, -0.2) is 94.0 Å². The normalized spacial score (nSPS) is 59.6. The molecular weight excluding hydrogens is 628 g/mol. The van der Waals surface area contributed by atoms with Crippen LogP contribution in [0, 0.1) is 63.6 Å². The molecule has 0 radical (unpaired) electrons. The number of rotatable bonds is 3. The summed E-state index contributed by atoms with van der Waals surface area (Å²) in [5.74, 6) is -9.49. The molecule has 5 saturated carbocycles. The number of carbonyl (C=O) groups is 5. The summed E-state index contributed by atoms with van der Waals surface area (Å²) in [6.07, 6.45) is -5.17. The number of carbonyl (C=O) groups excluding carboxylic acids is 5. The lowest BCUT2D eigenvalue weighted by molar-refractivity contribution is -0.251. The summed E-state index contributed by atoms with van der Waals surface area (Å²) in [6, 6.07) is 0. The first-order valence-corrected chi connectivity index (χ1v) is 17.2. The second kappa shape index (κ2) is 9.38. The van der Waals surface area contributed by atoms with Crippen molar-refractivity contribution in [3.63, 3.8) is 0 Å². The molecule has 3 heterocycles. The number of ether oxygens (including phenoxy) is 6. The fraction of sp³-hybridized carbons (Fsp3) is 0.857. The molecule has 1 spiro atoms. The highest BCUT2D eigenvalue weighted by Crippen LogP contribution is 2.81. The molecular formula is C35H46O13. The van der Waals surface area contributed by atoms with Crippen molar-refractivity contribution in [2.45, 2.75) is 123 Å². The smallest absolute Gasteiger partial charge is 0.341 e. The molecule has 8 fully saturated rings. The van der Waals surface area contributed by atoms with E-state index < -0.39 is 130 Å². The molecule has 13 heteroatoms. The van der Waals surface area contributed by atoms with Crippen LogP contribution in [0.4, 0.5) is 0 Å². The summed E-state index contributed by atoms with van der Waals surface area (Å²) in [6.45, 7) is 14.6. The third-order valence-corrected chi connectivity index (χ3v) is 15.1. The Balaban J connectivity index is 1.38. The van der Waals surface area contributed by atoms with E-state index in [-0.39, 0.29) is 17.8 Å². The van der Waals surface area contributed by atoms with Gasteiger partial charge in [0.25, 0.3) is 0 Å². The molecule has 3 aliphatic heterocycles. The van der Waals surface area contributed by atoms with Crippen LogP contribution >= 0.6 is 0 Å². The molecule has 0 aromatic heterocycles. The van der Waals surface area contributed by atoms with Crippen LogP contribution in [0.5, 0.6) is 0 Å². The van der Waals surface area contributed by atoms with E-state index in [0.29, 0.717) is 6.42 Å². The number of hydrogen-bond acceptors (Lipinski definition) is 13. The van der Waals surface area contributed by atoms with Gasteiger partial charge in [0.1, 0.15) is 24.4 Å². The maximum absolute atomic E-state index is 14.8. The first kappa shape index (κ1) is 32.6. The van der Waals surface area contributed by atoms with Crippen LogP contribution in [0.2, 0.25) is 0 Å². The summed E-state index contributed by atoms with van der Waals surface area (Å²) < 4.78 is 36.3. The Morgan fingerprint density at radius 3 is 2.06 bits per heavy atom. The number of hydrogen-bond donors (Lipinski definition) is 2. The van der Waals surface area contributed by atoms with Crippen LogP contribution in [0.25, 0.3) is 0 Å². The third-order valence-electron chi connectivity index (χ3n) is 15.1. The highest BCUT2D eigenvalue weighted by atomic mass is 16.8. The molecule has 0 aromatic rings. The molecule has 20 atom stereocenters. The largest absolute Gasteiger partial charge is 0.462 e. The lowest BCUT2D eigenvalue weighted by Crippen LogP contribution is -2.72. The Bertz CT molecular complexity index is 1540. The molecule has 0 unspecified atom stereocenters. The van der Waals surface area contributed by atoms with Crippen molar-refractivity contribution in [1.29, 1.82) is 0 Å². The Morgan fingerprint density at radius 1 is 0.833 bits per heavy atom. The summed E-state index contributed by atoms with van der Waals surface area (Å²) in [4.78, 5) is 66.6. The van der Waals surface area contributed by atoms with Gasteiger partial charge in [-0.3, -0.25) is 19.2 Å². The SMILES string of the molecule is CC(=O)O[C@@H]1[C@H]2[C@H]3[C@H]([C@H](C)[C@H](O)[C@]2(C)[C@H]2[C@H](C)[C@@H]4O[C@]45OC(=O)[C@@](C)(O)[C@]5(C)[C@H]12)[C@]1(C)[C@H](C[C@@H]2O[C@@H]2[C@@H]1OC(C)=O)C(=O)[C@@H]3OC(C)=O. The molecule has 264 valence electrons. The van der Waals surface area contributed by atoms with Crippen molar-refractivity contribution in [3.8, 4) is 0 Å². The number of aliphatic hydroxyl groups is 2. The van der Waals surface area contributed by atoms with E-state index in [1.165, 1.54) is 27.7 Å². The third kappa shape index (κ3) is 3.40. The molecule has 2 N–H and O–H groups in total.